The van der Waals surface area contributed by atoms with Gasteiger partial charge in [-0.05, 0) is 46.6 Å². The Bertz CT molecular complexity index is 578. The first-order valence-electron chi connectivity index (χ1n) is 5.21. The van der Waals surface area contributed by atoms with E-state index < -0.39 is 0 Å². The highest BCUT2D eigenvalue weighted by Gasteiger charge is 2.09. The molecule has 0 spiro atoms. The van der Waals surface area contributed by atoms with E-state index >= 15 is 0 Å². The van der Waals surface area contributed by atoms with Crippen molar-refractivity contribution >= 4 is 49.5 Å². The smallest absolute Gasteiger partial charge is 0.153 e. The lowest BCUT2D eigenvalue weighted by Gasteiger charge is -2.11. The van der Waals surface area contributed by atoms with Gasteiger partial charge < -0.3 is 4.74 Å². The van der Waals surface area contributed by atoms with Crippen LogP contribution in [0.3, 0.4) is 0 Å². The Morgan fingerprint density at radius 2 is 2.06 bits per heavy atom. The summed E-state index contributed by atoms with van der Waals surface area (Å²) in [6.45, 7) is 2.40. The lowest BCUT2D eigenvalue weighted by Crippen LogP contribution is -1.99. The molecule has 2 nitrogen and oxygen atoms in total. The maximum atomic E-state index is 11.0. The van der Waals surface area contributed by atoms with E-state index in [0.29, 0.717) is 17.9 Å². The lowest BCUT2D eigenvalue weighted by molar-refractivity contribution is 0.111. The van der Waals surface area contributed by atoms with Crippen molar-refractivity contribution in [1.29, 1.82) is 0 Å². The van der Waals surface area contributed by atoms with Gasteiger partial charge in [-0.2, -0.15) is 0 Å². The zero-order chi connectivity index (χ0) is 13.1. The van der Waals surface area contributed by atoms with E-state index in [9.17, 15) is 4.79 Å². The van der Waals surface area contributed by atoms with Crippen LogP contribution >= 0.6 is 43.2 Å². The number of thiophene rings is 1. The second-order valence-electron chi connectivity index (χ2n) is 3.78. The fourth-order valence-electron chi connectivity index (χ4n) is 1.61. The minimum atomic E-state index is 0.472. The number of benzene rings is 1. The molecule has 0 amide bonds. The van der Waals surface area contributed by atoms with Gasteiger partial charge in [0, 0.05) is 19.2 Å². The summed E-state index contributed by atoms with van der Waals surface area (Å²) in [5.74, 6) is 0.651. The third kappa shape index (κ3) is 3.22. The molecule has 0 saturated carbocycles. The molecule has 0 N–H and O–H groups in total. The van der Waals surface area contributed by atoms with Crippen molar-refractivity contribution in [3.05, 3.63) is 48.5 Å². The minimum Gasteiger partial charge on any atom is -0.487 e. The molecule has 94 valence electrons. The Labute approximate surface area is 126 Å². The number of carbonyl (C=O) groups excluding carboxylic acids is 1. The molecule has 0 aliphatic heterocycles. The van der Waals surface area contributed by atoms with Crippen molar-refractivity contribution in [2.75, 3.05) is 0 Å². The average Bonchev–Trinajstić information content (AvgIpc) is 2.73. The summed E-state index contributed by atoms with van der Waals surface area (Å²) in [4.78, 5) is 12.2. The fourth-order valence-corrected chi connectivity index (χ4v) is 3.57. The van der Waals surface area contributed by atoms with Crippen molar-refractivity contribution in [3.63, 3.8) is 0 Å². The Hall–Kier alpha value is -0.650. The average molecular weight is 390 g/mol. The first-order chi connectivity index (χ1) is 8.60. The third-order valence-electron chi connectivity index (χ3n) is 2.38. The van der Waals surface area contributed by atoms with Crippen molar-refractivity contribution in [2.24, 2.45) is 0 Å². The van der Waals surface area contributed by atoms with Crippen LogP contribution in [0.4, 0.5) is 0 Å². The molecule has 0 fully saturated rings. The first kappa shape index (κ1) is 13.8. The lowest BCUT2D eigenvalue weighted by atomic mass is 10.1. The molecule has 1 aromatic carbocycles. The highest BCUT2D eigenvalue weighted by atomic mass is 79.9. The molecule has 0 unspecified atom stereocenters. The molecule has 2 rings (SSSR count). The summed E-state index contributed by atoms with van der Waals surface area (Å²) in [6.07, 6.45) is 0.817. The minimum absolute atomic E-state index is 0.472. The van der Waals surface area contributed by atoms with Gasteiger partial charge in [-0.1, -0.05) is 15.9 Å². The summed E-state index contributed by atoms with van der Waals surface area (Å²) < 4.78 is 7.68. The van der Waals surface area contributed by atoms with Crippen molar-refractivity contribution in [3.8, 4) is 5.75 Å². The van der Waals surface area contributed by atoms with E-state index in [4.69, 9.17) is 4.74 Å². The highest BCUT2D eigenvalue weighted by molar-refractivity contribution is 9.10. The van der Waals surface area contributed by atoms with Crippen LogP contribution in [0.5, 0.6) is 5.75 Å². The fraction of sp³-hybridized carbons (Fsp3) is 0.154. The number of rotatable bonds is 4. The molecule has 0 bridgehead atoms. The maximum Gasteiger partial charge on any atom is 0.153 e. The molecule has 0 aliphatic rings. The molecule has 0 radical (unpaired) electrons. The van der Waals surface area contributed by atoms with Gasteiger partial charge in [0.25, 0.3) is 0 Å². The number of hydrogen-bond donors (Lipinski definition) is 0. The Morgan fingerprint density at radius 1 is 1.28 bits per heavy atom. The number of carbonyl (C=O) groups is 1. The van der Waals surface area contributed by atoms with E-state index in [1.54, 1.807) is 17.4 Å². The molecular formula is C13H10Br2O2S. The molecule has 0 atom stereocenters. The summed E-state index contributed by atoms with van der Waals surface area (Å²) in [5.41, 5.74) is 1.51. The van der Waals surface area contributed by atoms with E-state index in [1.807, 2.05) is 24.4 Å². The molecule has 1 aromatic heterocycles. The maximum absolute atomic E-state index is 11.0. The SMILES string of the molecule is Cc1cc(Br)cc(C=O)c1OCc1cc(Br)cs1. The predicted octanol–water partition coefficient (Wildman–Crippen LogP) is 4.97. The Balaban J connectivity index is 2.20. The van der Waals surface area contributed by atoms with Crippen molar-refractivity contribution in [2.45, 2.75) is 13.5 Å². The largest absolute Gasteiger partial charge is 0.487 e. The number of halogens is 2. The van der Waals surface area contributed by atoms with E-state index in [2.05, 4.69) is 31.9 Å². The van der Waals surface area contributed by atoms with Crippen LogP contribution in [-0.4, -0.2) is 6.29 Å². The molecule has 0 saturated heterocycles. The highest BCUT2D eigenvalue weighted by Crippen LogP contribution is 2.28. The second-order valence-corrected chi connectivity index (χ2v) is 6.61. The van der Waals surface area contributed by atoms with Crippen LogP contribution in [0.15, 0.2) is 32.5 Å². The van der Waals surface area contributed by atoms with E-state index in [0.717, 1.165) is 25.7 Å². The van der Waals surface area contributed by atoms with Crippen LogP contribution in [0.2, 0.25) is 0 Å². The molecule has 0 aliphatic carbocycles. The monoisotopic (exact) mass is 388 g/mol. The Morgan fingerprint density at radius 3 is 2.67 bits per heavy atom. The normalized spacial score (nSPS) is 10.4. The van der Waals surface area contributed by atoms with E-state index in [1.165, 1.54) is 0 Å². The van der Waals surface area contributed by atoms with Gasteiger partial charge in [-0.25, -0.2) is 0 Å². The second kappa shape index (κ2) is 5.99. The van der Waals surface area contributed by atoms with Crippen LogP contribution in [-0.2, 0) is 6.61 Å². The molecule has 2 aromatic rings. The molecular weight excluding hydrogens is 380 g/mol. The topological polar surface area (TPSA) is 26.3 Å². The predicted molar refractivity (Wildman–Crippen MR) is 80.6 cm³/mol. The summed E-state index contributed by atoms with van der Waals surface area (Å²) in [7, 11) is 0. The number of hydrogen-bond acceptors (Lipinski definition) is 3. The van der Waals surface area contributed by atoms with Gasteiger partial charge in [-0.3, -0.25) is 4.79 Å². The van der Waals surface area contributed by atoms with Crippen LogP contribution in [0.25, 0.3) is 0 Å². The zero-order valence-electron chi connectivity index (χ0n) is 9.57. The van der Waals surface area contributed by atoms with Gasteiger partial charge in [0.15, 0.2) is 6.29 Å². The molecule has 18 heavy (non-hydrogen) atoms. The van der Waals surface area contributed by atoms with Gasteiger partial charge in [0.2, 0.25) is 0 Å². The molecule has 5 heteroatoms. The number of ether oxygens (including phenoxy) is 1. The van der Waals surface area contributed by atoms with Crippen molar-refractivity contribution in [1.82, 2.24) is 0 Å². The standard InChI is InChI=1S/C13H10Br2O2S/c1-8-2-10(14)3-9(5-16)13(8)17-6-12-4-11(15)7-18-12/h2-5,7H,6H2,1H3. The van der Waals surface area contributed by atoms with Gasteiger partial charge in [-0.15, -0.1) is 11.3 Å². The zero-order valence-corrected chi connectivity index (χ0v) is 13.6. The van der Waals surface area contributed by atoms with Crippen LogP contribution in [0.1, 0.15) is 20.8 Å². The Kier molecular flexibility index (Phi) is 4.59. The van der Waals surface area contributed by atoms with Gasteiger partial charge in [0.1, 0.15) is 12.4 Å². The first-order valence-corrected chi connectivity index (χ1v) is 7.67. The van der Waals surface area contributed by atoms with Crippen molar-refractivity contribution < 1.29 is 9.53 Å². The van der Waals surface area contributed by atoms with E-state index in [-0.39, 0.29) is 0 Å². The summed E-state index contributed by atoms with van der Waals surface area (Å²) in [6, 6.07) is 5.71. The quantitative estimate of drug-likeness (QED) is 0.689. The van der Waals surface area contributed by atoms with Crippen LogP contribution in [0, 0.1) is 6.92 Å². The van der Waals surface area contributed by atoms with Gasteiger partial charge in [0.05, 0.1) is 5.56 Å². The number of aldehydes is 1. The van der Waals surface area contributed by atoms with Gasteiger partial charge >= 0.3 is 0 Å². The van der Waals surface area contributed by atoms with Crippen LogP contribution < -0.4 is 4.74 Å². The summed E-state index contributed by atoms with van der Waals surface area (Å²) in [5, 5.41) is 2.01. The summed E-state index contributed by atoms with van der Waals surface area (Å²) >= 11 is 8.39. The number of aryl methyl sites for hydroxylation is 1. The third-order valence-corrected chi connectivity index (χ3v) is 4.50. The molecule has 1 heterocycles.